The summed E-state index contributed by atoms with van der Waals surface area (Å²) in [6, 6.07) is 15.0. The van der Waals surface area contributed by atoms with Gasteiger partial charge in [0.2, 0.25) is 5.60 Å². The van der Waals surface area contributed by atoms with Gasteiger partial charge in [-0.3, -0.25) is 4.79 Å². The molecule has 4 aromatic rings. The zero-order chi connectivity index (χ0) is 30.8. The van der Waals surface area contributed by atoms with Crippen LogP contribution in [0.1, 0.15) is 60.3 Å². The molecule has 1 unspecified atom stereocenters. The summed E-state index contributed by atoms with van der Waals surface area (Å²) in [6.07, 6.45) is -3.87. The molecule has 1 atom stereocenters. The monoisotopic (exact) mass is 621 g/mol. The normalized spacial score (nSPS) is 13.1. The lowest BCUT2D eigenvalue weighted by Crippen LogP contribution is -2.44. The summed E-state index contributed by atoms with van der Waals surface area (Å²) >= 11 is 12.4. The first-order chi connectivity index (χ1) is 19.8. The maximum absolute atomic E-state index is 13.6. The van der Waals surface area contributed by atoms with Crippen LogP contribution in [0.2, 0.25) is 10.0 Å². The minimum Gasteiger partial charge on any atom is -0.478 e. The highest BCUT2D eigenvalue weighted by Crippen LogP contribution is 2.36. The number of carbonyl (C=O) groups excluding carboxylic acids is 1. The average molecular weight is 622 g/mol. The van der Waals surface area contributed by atoms with Crippen LogP contribution in [-0.4, -0.2) is 33.4 Å². The fourth-order valence-electron chi connectivity index (χ4n) is 5.01. The first-order valence-electron chi connectivity index (χ1n) is 13.2. The summed E-state index contributed by atoms with van der Waals surface area (Å²) in [7, 11) is 0. The van der Waals surface area contributed by atoms with Gasteiger partial charge in [-0.15, -0.1) is 13.2 Å². The van der Waals surface area contributed by atoms with Gasteiger partial charge in [0, 0.05) is 34.3 Å². The van der Waals surface area contributed by atoms with Gasteiger partial charge < -0.3 is 19.1 Å². The van der Waals surface area contributed by atoms with Crippen molar-refractivity contribution in [2.75, 3.05) is 0 Å². The van der Waals surface area contributed by atoms with Crippen molar-refractivity contribution in [2.45, 2.75) is 58.5 Å². The van der Waals surface area contributed by atoms with Crippen molar-refractivity contribution in [2.24, 2.45) is 0 Å². The van der Waals surface area contributed by atoms with Gasteiger partial charge in [0.1, 0.15) is 11.5 Å². The van der Waals surface area contributed by atoms with E-state index in [1.807, 2.05) is 6.92 Å². The van der Waals surface area contributed by atoms with E-state index in [-0.39, 0.29) is 35.9 Å². The van der Waals surface area contributed by atoms with Crippen molar-refractivity contribution in [1.29, 1.82) is 0 Å². The zero-order valence-corrected chi connectivity index (χ0v) is 24.5. The number of fused-ring (bicyclic) bond motifs is 1. The van der Waals surface area contributed by atoms with E-state index in [2.05, 4.69) is 4.74 Å². The van der Waals surface area contributed by atoms with E-state index in [0.29, 0.717) is 44.7 Å². The maximum atomic E-state index is 13.6. The van der Waals surface area contributed by atoms with Crippen molar-refractivity contribution in [3.63, 3.8) is 0 Å². The van der Waals surface area contributed by atoms with Gasteiger partial charge in [0.05, 0.1) is 16.1 Å². The molecule has 0 radical (unpaired) electrons. The molecule has 11 heteroatoms. The molecule has 0 amide bonds. The number of aliphatic carboxylic acids is 1. The number of nitrogens with zero attached hydrogens (tertiary/aromatic N) is 1. The maximum Gasteiger partial charge on any atom is 0.573 e. The lowest BCUT2D eigenvalue weighted by molar-refractivity contribution is -0.274. The number of halogens is 5. The first kappa shape index (κ1) is 31.3. The Bertz CT molecular complexity index is 1630. The molecule has 6 nitrogen and oxygen atoms in total. The Kier molecular flexibility index (Phi) is 9.13. The van der Waals surface area contributed by atoms with E-state index in [1.165, 1.54) is 12.1 Å². The molecule has 4 rings (SSSR count). The van der Waals surface area contributed by atoms with Crippen LogP contribution >= 0.6 is 23.2 Å². The molecule has 0 saturated heterocycles. The third-order valence-corrected chi connectivity index (χ3v) is 7.68. The molecule has 0 saturated carbocycles. The van der Waals surface area contributed by atoms with Crippen LogP contribution < -0.4 is 9.47 Å². The van der Waals surface area contributed by atoms with E-state index in [0.717, 1.165) is 6.07 Å². The topological polar surface area (TPSA) is 77.8 Å². The molecular weight excluding hydrogens is 594 g/mol. The predicted molar refractivity (Wildman–Crippen MR) is 155 cm³/mol. The molecule has 0 aliphatic carbocycles. The van der Waals surface area contributed by atoms with Crippen LogP contribution in [0, 0.1) is 6.92 Å². The van der Waals surface area contributed by atoms with Gasteiger partial charge in [-0.2, -0.15) is 0 Å². The number of carboxylic acids is 1. The fourth-order valence-corrected chi connectivity index (χ4v) is 5.29. The Labute approximate surface area is 250 Å². The number of hydrogen-bond acceptors (Lipinski definition) is 4. The molecule has 42 heavy (non-hydrogen) atoms. The molecular formula is C31H28Cl2F3NO5. The highest BCUT2D eigenvalue weighted by atomic mass is 35.5. The predicted octanol–water partition coefficient (Wildman–Crippen LogP) is 8.85. The van der Waals surface area contributed by atoms with Crippen LogP contribution in [0.3, 0.4) is 0 Å². The Morgan fingerprint density at radius 3 is 2.24 bits per heavy atom. The largest absolute Gasteiger partial charge is 0.573 e. The number of ether oxygens (including phenoxy) is 2. The average Bonchev–Trinajstić information content (AvgIpc) is 3.19. The number of carboxylic acid groups (broad SMARTS) is 1. The van der Waals surface area contributed by atoms with Gasteiger partial charge in [0.25, 0.3) is 0 Å². The number of carbonyl (C=O) groups is 2. The number of ketones is 1. The molecule has 0 aliphatic heterocycles. The number of benzene rings is 3. The summed E-state index contributed by atoms with van der Waals surface area (Å²) in [5.41, 5.74) is 0.660. The SMILES string of the molecule is CCCC(CC)(Oc1cc(Cn2c(C)c(C(=O)c3ccc(Cl)cc3)c3ccc(OC(F)(F)F)cc32)ccc1Cl)C(=O)O. The number of alkyl halides is 3. The van der Waals surface area contributed by atoms with Crippen LogP contribution in [0.5, 0.6) is 11.5 Å². The number of aromatic nitrogens is 1. The first-order valence-corrected chi connectivity index (χ1v) is 13.9. The van der Waals surface area contributed by atoms with E-state index in [4.69, 9.17) is 27.9 Å². The van der Waals surface area contributed by atoms with Gasteiger partial charge in [-0.25, -0.2) is 4.79 Å². The summed E-state index contributed by atoms with van der Waals surface area (Å²) in [5, 5.41) is 11.0. The minimum absolute atomic E-state index is 0.110. The molecule has 222 valence electrons. The van der Waals surface area contributed by atoms with Gasteiger partial charge in [-0.1, -0.05) is 49.5 Å². The van der Waals surface area contributed by atoms with Crippen molar-refractivity contribution in [3.8, 4) is 11.5 Å². The third-order valence-electron chi connectivity index (χ3n) is 7.12. The Balaban J connectivity index is 1.83. The quantitative estimate of drug-likeness (QED) is 0.169. The summed E-state index contributed by atoms with van der Waals surface area (Å²) in [6.45, 7) is 5.39. The fraction of sp³-hybridized carbons (Fsp3) is 0.290. The van der Waals surface area contributed by atoms with E-state index in [1.54, 1.807) is 60.9 Å². The molecule has 0 spiro atoms. The summed E-state index contributed by atoms with van der Waals surface area (Å²) in [4.78, 5) is 25.8. The van der Waals surface area contributed by atoms with E-state index < -0.39 is 23.7 Å². The van der Waals surface area contributed by atoms with Gasteiger partial charge in [0.15, 0.2) is 5.78 Å². The minimum atomic E-state index is -4.90. The second-order valence-corrected chi connectivity index (χ2v) is 10.7. The second kappa shape index (κ2) is 12.3. The Hall–Kier alpha value is -3.69. The molecule has 1 aromatic heterocycles. The highest BCUT2D eigenvalue weighted by molar-refractivity contribution is 6.32. The van der Waals surface area contributed by atoms with E-state index in [9.17, 15) is 27.9 Å². The summed E-state index contributed by atoms with van der Waals surface area (Å²) in [5.74, 6) is -1.71. The molecule has 0 bridgehead atoms. The molecule has 0 aliphatic rings. The van der Waals surface area contributed by atoms with Crippen molar-refractivity contribution in [1.82, 2.24) is 4.57 Å². The van der Waals surface area contributed by atoms with Crippen molar-refractivity contribution >= 4 is 45.9 Å². The van der Waals surface area contributed by atoms with Gasteiger partial charge in [-0.05, 0) is 73.9 Å². The van der Waals surface area contributed by atoms with Gasteiger partial charge >= 0.3 is 12.3 Å². The lowest BCUT2D eigenvalue weighted by Gasteiger charge is -2.29. The van der Waals surface area contributed by atoms with Crippen LogP contribution in [0.25, 0.3) is 10.9 Å². The second-order valence-electron chi connectivity index (χ2n) is 9.88. The Morgan fingerprint density at radius 1 is 0.952 bits per heavy atom. The molecule has 1 heterocycles. The zero-order valence-electron chi connectivity index (χ0n) is 23.0. The third kappa shape index (κ3) is 6.52. The van der Waals surface area contributed by atoms with Crippen molar-refractivity contribution < 1.29 is 37.3 Å². The van der Waals surface area contributed by atoms with Crippen LogP contribution in [0.15, 0.2) is 60.7 Å². The number of hydrogen-bond donors (Lipinski definition) is 1. The van der Waals surface area contributed by atoms with Crippen molar-refractivity contribution in [3.05, 3.63) is 93.1 Å². The van der Waals surface area contributed by atoms with Crippen LogP contribution in [0.4, 0.5) is 13.2 Å². The molecule has 1 N–H and O–H groups in total. The standard InChI is InChI=1S/C31H28Cl2F3NO5/c1-4-14-30(5-2,29(39)40)42-26-15-19(6-13-24(26)33)17-37-18(3)27(28(38)20-7-9-21(32)10-8-20)23-12-11-22(16-25(23)37)41-31(34,35)36/h6-13,15-16H,4-5,14,17H2,1-3H3,(H,39,40). The Morgan fingerprint density at radius 2 is 1.64 bits per heavy atom. The highest BCUT2D eigenvalue weighted by Gasteiger charge is 2.39. The number of rotatable bonds is 11. The van der Waals surface area contributed by atoms with E-state index >= 15 is 0 Å². The molecule has 0 fully saturated rings. The summed E-state index contributed by atoms with van der Waals surface area (Å²) < 4.78 is 51.0. The lowest BCUT2D eigenvalue weighted by atomic mass is 9.94. The smallest absolute Gasteiger partial charge is 0.478 e. The molecule has 3 aromatic carbocycles. The van der Waals surface area contributed by atoms with Crippen LogP contribution in [-0.2, 0) is 11.3 Å².